The molecule has 0 saturated heterocycles. The summed E-state index contributed by atoms with van der Waals surface area (Å²) in [6.07, 6.45) is 0.727. The van der Waals surface area contributed by atoms with Gasteiger partial charge in [0.1, 0.15) is 11.5 Å². The highest BCUT2D eigenvalue weighted by Gasteiger charge is 2.09. The van der Waals surface area contributed by atoms with Gasteiger partial charge in [-0.2, -0.15) is 4.98 Å². The Labute approximate surface area is 100 Å². The lowest BCUT2D eigenvalue weighted by Crippen LogP contribution is -2.21. The summed E-state index contributed by atoms with van der Waals surface area (Å²) in [6, 6.07) is 4.14. The summed E-state index contributed by atoms with van der Waals surface area (Å²) in [6.45, 7) is 6.60. The maximum Gasteiger partial charge on any atom is 0.227 e. The average molecular weight is 235 g/mol. The highest BCUT2D eigenvalue weighted by atomic mass is 16.5. The monoisotopic (exact) mass is 235 g/mol. The van der Waals surface area contributed by atoms with Gasteiger partial charge in [-0.15, -0.1) is 0 Å². The fourth-order valence-corrected chi connectivity index (χ4v) is 1.62. The summed E-state index contributed by atoms with van der Waals surface area (Å²) < 4.78 is 10.6. The summed E-state index contributed by atoms with van der Waals surface area (Å²) in [4.78, 5) is 4.14. The normalized spacial score (nSPS) is 12.9. The molecule has 0 bridgehead atoms. The van der Waals surface area contributed by atoms with Crippen LogP contribution >= 0.6 is 0 Å². The van der Waals surface area contributed by atoms with Gasteiger partial charge in [-0.05, 0) is 32.9 Å². The van der Waals surface area contributed by atoms with Gasteiger partial charge in [0.15, 0.2) is 5.82 Å². The molecule has 0 spiro atoms. The Bertz CT molecular complexity index is 476. The fraction of sp³-hybridized carbons (Fsp3) is 0.500. The molecule has 5 heteroatoms. The van der Waals surface area contributed by atoms with E-state index in [2.05, 4.69) is 22.4 Å². The third-order valence-corrected chi connectivity index (χ3v) is 2.55. The predicted octanol–water partition coefficient (Wildman–Crippen LogP) is 2.17. The molecule has 0 aliphatic rings. The Morgan fingerprint density at radius 2 is 2.18 bits per heavy atom. The van der Waals surface area contributed by atoms with Crippen molar-refractivity contribution in [3.05, 3.63) is 35.4 Å². The van der Waals surface area contributed by atoms with E-state index in [0.29, 0.717) is 11.7 Å². The molecule has 0 aliphatic heterocycles. The van der Waals surface area contributed by atoms with E-state index < -0.39 is 0 Å². The molecule has 2 heterocycles. The van der Waals surface area contributed by atoms with Gasteiger partial charge in [-0.3, -0.25) is 0 Å². The minimum absolute atomic E-state index is 0.188. The first-order valence-electron chi connectivity index (χ1n) is 5.74. The van der Waals surface area contributed by atoms with Gasteiger partial charge in [-0.25, -0.2) is 0 Å². The van der Waals surface area contributed by atoms with Crippen LogP contribution in [-0.4, -0.2) is 16.7 Å². The van der Waals surface area contributed by atoms with Crippen LogP contribution in [-0.2, 0) is 6.42 Å². The van der Waals surface area contributed by atoms with Gasteiger partial charge in [0.25, 0.3) is 0 Å². The number of aromatic nitrogens is 2. The molecule has 0 saturated carbocycles. The van der Waals surface area contributed by atoms with E-state index in [4.69, 9.17) is 8.94 Å². The molecule has 1 atom stereocenters. The SMILES string of the molecule is Cc1noc(CCNC(C)c2ccc(C)o2)n1. The number of nitrogens with one attached hydrogen (secondary N) is 1. The minimum Gasteiger partial charge on any atom is -0.465 e. The van der Waals surface area contributed by atoms with E-state index in [1.165, 1.54) is 0 Å². The van der Waals surface area contributed by atoms with Gasteiger partial charge >= 0.3 is 0 Å². The molecular formula is C12H17N3O2. The predicted molar refractivity (Wildman–Crippen MR) is 62.6 cm³/mol. The number of furan rings is 1. The highest BCUT2D eigenvalue weighted by Crippen LogP contribution is 2.15. The number of aryl methyl sites for hydroxylation is 2. The van der Waals surface area contributed by atoms with Gasteiger partial charge in [0.05, 0.1) is 6.04 Å². The van der Waals surface area contributed by atoms with Crippen molar-refractivity contribution in [1.82, 2.24) is 15.5 Å². The molecule has 2 rings (SSSR count). The summed E-state index contributed by atoms with van der Waals surface area (Å²) in [5, 5.41) is 7.09. The summed E-state index contributed by atoms with van der Waals surface area (Å²) in [5.74, 6) is 3.22. The molecule has 2 aromatic rings. The van der Waals surface area contributed by atoms with Crippen LogP contribution in [0.25, 0.3) is 0 Å². The third kappa shape index (κ3) is 3.17. The van der Waals surface area contributed by atoms with Gasteiger partial charge in [0.2, 0.25) is 5.89 Å². The number of hydrogen-bond acceptors (Lipinski definition) is 5. The van der Waals surface area contributed by atoms with Crippen LogP contribution in [0.2, 0.25) is 0 Å². The molecule has 0 radical (unpaired) electrons. The maximum atomic E-state index is 5.54. The van der Waals surface area contributed by atoms with Gasteiger partial charge in [0, 0.05) is 13.0 Å². The lowest BCUT2D eigenvalue weighted by molar-refractivity contribution is 0.364. The van der Waals surface area contributed by atoms with Crippen LogP contribution in [0.3, 0.4) is 0 Å². The zero-order chi connectivity index (χ0) is 12.3. The van der Waals surface area contributed by atoms with Gasteiger partial charge < -0.3 is 14.3 Å². The largest absolute Gasteiger partial charge is 0.465 e. The van der Waals surface area contributed by atoms with Crippen molar-refractivity contribution in [2.75, 3.05) is 6.54 Å². The second-order valence-corrected chi connectivity index (χ2v) is 4.11. The standard InChI is InChI=1S/C12H17N3O2/c1-8-4-5-11(16-8)9(2)13-7-6-12-14-10(3)15-17-12/h4-5,9,13H,6-7H2,1-3H3. The first kappa shape index (κ1) is 11.9. The molecule has 17 heavy (non-hydrogen) atoms. The zero-order valence-corrected chi connectivity index (χ0v) is 10.4. The Morgan fingerprint density at radius 1 is 1.35 bits per heavy atom. The molecule has 1 N–H and O–H groups in total. The fourth-order valence-electron chi connectivity index (χ4n) is 1.62. The summed E-state index contributed by atoms with van der Waals surface area (Å²) >= 11 is 0. The van der Waals surface area contributed by atoms with Crippen molar-refractivity contribution < 1.29 is 8.94 Å². The van der Waals surface area contributed by atoms with E-state index in [-0.39, 0.29) is 6.04 Å². The van der Waals surface area contributed by atoms with E-state index in [1.807, 2.05) is 26.0 Å². The zero-order valence-electron chi connectivity index (χ0n) is 10.4. The first-order valence-corrected chi connectivity index (χ1v) is 5.74. The Balaban J connectivity index is 1.78. The van der Waals surface area contributed by atoms with Crippen molar-refractivity contribution in [3.63, 3.8) is 0 Å². The second kappa shape index (κ2) is 5.14. The van der Waals surface area contributed by atoms with E-state index in [9.17, 15) is 0 Å². The van der Waals surface area contributed by atoms with Crippen LogP contribution in [0.15, 0.2) is 21.1 Å². The molecule has 0 amide bonds. The van der Waals surface area contributed by atoms with Crippen LogP contribution in [0.1, 0.15) is 36.2 Å². The molecule has 1 unspecified atom stereocenters. The van der Waals surface area contributed by atoms with Crippen molar-refractivity contribution in [3.8, 4) is 0 Å². The van der Waals surface area contributed by atoms with Crippen LogP contribution < -0.4 is 5.32 Å². The number of rotatable bonds is 5. The van der Waals surface area contributed by atoms with Crippen molar-refractivity contribution >= 4 is 0 Å². The summed E-state index contributed by atoms with van der Waals surface area (Å²) in [5.41, 5.74) is 0. The van der Waals surface area contributed by atoms with Crippen molar-refractivity contribution in [1.29, 1.82) is 0 Å². The molecule has 0 aromatic carbocycles. The molecule has 0 aliphatic carbocycles. The summed E-state index contributed by atoms with van der Waals surface area (Å²) in [7, 11) is 0. The van der Waals surface area contributed by atoms with Gasteiger partial charge in [-0.1, -0.05) is 5.16 Å². The topological polar surface area (TPSA) is 64.1 Å². The smallest absolute Gasteiger partial charge is 0.227 e. The molecule has 2 aromatic heterocycles. The maximum absolute atomic E-state index is 5.54. The Kier molecular flexibility index (Phi) is 3.58. The van der Waals surface area contributed by atoms with Crippen LogP contribution in [0.5, 0.6) is 0 Å². The molecule has 0 fully saturated rings. The lowest BCUT2D eigenvalue weighted by atomic mass is 10.2. The van der Waals surface area contributed by atoms with Crippen molar-refractivity contribution in [2.24, 2.45) is 0 Å². The van der Waals surface area contributed by atoms with Crippen LogP contribution in [0, 0.1) is 13.8 Å². The van der Waals surface area contributed by atoms with Crippen LogP contribution in [0.4, 0.5) is 0 Å². The second-order valence-electron chi connectivity index (χ2n) is 4.11. The quantitative estimate of drug-likeness (QED) is 0.860. The minimum atomic E-state index is 0.188. The third-order valence-electron chi connectivity index (χ3n) is 2.55. The molecule has 92 valence electrons. The highest BCUT2D eigenvalue weighted by molar-refractivity contribution is 5.08. The van der Waals surface area contributed by atoms with E-state index >= 15 is 0 Å². The molecular weight excluding hydrogens is 218 g/mol. The Morgan fingerprint density at radius 3 is 2.76 bits per heavy atom. The lowest BCUT2D eigenvalue weighted by Gasteiger charge is -2.09. The molecule has 5 nitrogen and oxygen atoms in total. The van der Waals surface area contributed by atoms with E-state index in [0.717, 1.165) is 24.5 Å². The van der Waals surface area contributed by atoms with Crippen molar-refractivity contribution in [2.45, 2.75) is 33.2 Å². The number of hydrogen-bond donors (Lipinski definition) is 1. The first-order chi connectivity index (χ1) is 8.15. The number of nitrogens with zero attached hydrogens (tertiary/aromatic N) is 2. The van der Waals surface area contributed by atoms with E-state index in [1.54, 1.807) is 0 Å². The average Bonchev–Trinajstić information content (AvgIpc) is 2.88. The Hall–Kier alpha value is -1.62.